The Labute approximate surface area is 113 Å². The Hall–Kier alpha value is -1.40. The molecule has 1 aliphatic rings. The van der Waals surface area contributed by atoms with Crippen LogP contribution < -0.4 is 5.73 Å². The topological polar surface area (TPSA) is 80.5 Å². The Kier molecular flexibility index (Phi) is 3.91. The molecule has 5 nitrogen and oxygen atoms in total. The largest absolute Gasteiger partial charge is 0.368 e. The van der Waals surface area contributed by atoms with Gasteiger partial charge in [0, 0.05) is 6.54 Å². The molecule has 0 bridgehead atoms. The Morgan fingerprint density at radius 2 is 2.21 bits per heavy atom. The molecule has 0 radical (unpaired) electrons. The summed E-state index contributed by atoms with van der Waals surface area (Å²) in [5.41, 5.74) is 7.00. The fourth-order valence-corrected chi connectivity index (χ4v) is 4.22. The highest BCUT2D eigenvalue weighted by molar-refractivity contribution is 7.88. The van der Waals surface area contributed by atoms with Gasteiger partial charge in [0.2, 0.25) is 15.9 Å². The molecule has 0 aromatic heterocycles. The molecule has 2 rings (SSSR count). The Morgan fingerprint density at radius 1 is 1.47 bits per heavy atom. The second-order valence-electron chi connectivity index (χ2n) is 4.92. The molecule has 19 heavy (non-hydrogen) atoms. The lowest BCUT2D eigenvalue weighted by atomic mass is 10.2. The SMILES string of the molecule is Cc1cccc(CS(=O)(=O)N2CCC[C@H]2C(N)=O)c1. The van der Waals surface area contributed by atoms with Crippen molar-refractivity contribution in [2.24, 2.45) is 5.73 Å². The van der Waals surface area contributed by atoms with Gasteiger partial charge in [0.05, 0.1) is 5.75 Å². The van der Waals surface area contributed by atoms with Crippen molar-refractivity contribution in [3.8, 4) is 0 Å². The van der Waals surface area contributed by atoms with E-state index in [1.165, 1.54) is 4.31 Å². The van der Waals surface area contributed by atoms with Gasteiger partial charge in [-0.3, -0.25) is 4.79 Å². The molecule has 1 heterocycles. The highest BCUT2D eigenvalue weighted by atomic mass is 32.2. The number of rotatable bonds is 4. The summed E-state index contributed by atoms with van der Waals surface area (Å²) < 4.78 is 25.9. The quantitative estimate of drug-likeness (QED) is 0.886. The zero-order valence-corrected chi connectivity index (χ0v) is 11.7. The van der Waals surface area contributed by atoms with Gasteiger partial charge in [-0.05, 0) is 25.3 Å². The minimum atomic E-state index is -3.49. The number of hydrogen-bond donors (Lipinski definition) is 1. The number of nitrogens with two attached hydrogens (primary N) is 1. The number of sulfonamides is 1. The first-order chi connectivity index (χ1) is 8.90. The van der Waals surface area contributed by atoms with Crippen molar-refractivity contribution in [2.45, 2.75) is 31.6 Å². The van der Waals surface area contributed by atoms with Crippen molar-refractivity contribution in [2.75, 3.05) is 6.54 Å². The van der Waals surface area contributed by atoms with E-state index in [0.29, 0.717) is 19.4 Å². The average Bonchev–Trinajstić information content (AvgIpc) is 2.77. The number of nitrogens with zero attached hydrogens (tertiary/aromatic N) is 1. The molecule has 1 saturated heterocycles. The summed E-state index contributed by atoms with van der Waals surface area (Å²) in [6, 6.07) is 6.68. The van der Waals surface area contributed by atoms with Crippen molar-refractivity contribution < 1.29 is 13.2 Å². The van der Waals surface area contributed by atoms with Crippen LogP contribution in [0.3, 0.4) is 0 Å². The van der Waals surface area contributed by atoms with Crippen molar-refractivity contribution >= 4 is 15.9 Å². The number of carbonyl (C=O) groups excluding carboxylic acids is 1. The summed E-state index contributed by atoms with van der Waals surface area (Å²) in [7, 11) is -3.49. The molecule has 1 amide bonds. The number of carbonyl (C=O) groups is 1. The van der Waals surface area contributed by atoms with Crippen LogP contribution in [0.4, 0.5) is 0 Å². The number of hydrogen-bond acceptors (Lipinski definition) is 3. The van der Waals surface area contributed by atoms with Gasteiger partial charge in [-0.1, -0.05) is 29.8 Å². The molecule has 0 aliphatic carbocycles. The molecule has 1 atom stereocenters. The van der Waals surface area contributed by atoms with E-state index in [0.717, 1.165) is 11.1 Å². The van der Waals surface area contributed by atoms with Gasteiger partial charge in [-0.25, -0.2) is 8.42 Å². The Morgan fingerprint density at radius 3 is 2.84 bits per heavy atom. The fourth-order valence-electron chi connectivity index (χ4n) is 2.45. The van der Waals surface area contributed by atoms with E-state index in [4.69, 9.17) is 5.73 Å². The van der Waals surface area contributed by atoms with E-state index in [9.17, 15) is 13.2 Å². The standard InChI is InChI=1S/C13H18N2O3S/c1-10-4-2-5-11(8-10)9-19(17,18)15-7-3-6-12(15)13(14)16/h2,4-5,8,12H,3,6-7,9H2,1H3,(H2,14,16)/t12-/m0/s1. The van der Waals surface area contributed by atoms with Crippen LogP contribution >= 0.6 is 0 Å². The molecular formula is C13H18N2O3S. The molecule has 0 unspecified atom stereocenters. The molecule has 1 aromatic carbocycles. The van der Waals surface area contributed by atoms with Crippen LogP contribution in [0.25, 0.3) is 0 Å². The van der Waals surface area contributed by atoms with E-state index in [1.54, 1.807) is 6.07 Å². The summed E-state index contributed by atoms with van der Waals surface area (Å²) in [4.78, 5) is 11.3. The summed E-state index contributed by atoms with van der Waals surface area (Å²) in [6.07, 6.45) is 1.20. The van der Waals surface area contributed by atoms with Crippen LogP contribution in [0.1, 0.15) is 24.0 Å². The molecule has 0 saturated carbocycles. The molecule has 104 valence electrons. The van der Waals surface area contributed by atoms with Gasteiger partial charge >= 0.3 is 0 Å². The number of amides is 1. The number of aryl methyl sites for hydroxylation is 1. The maximum Gasteiger partial charge on any atom is 0.235 e. The maximum atomic E-state index is 12.3. The third-order valence-corrected chi connectivity index (χ3v) is 5.17. The van der Waals surface area contributed by atoms with Crippen LogP contribution in [0.2, 0.25) is 0 Å². The normalized spacial score (nSPS) is 20.6. The highest BCUT2D eigenvalue weighted by Gasteiger charge is 2.37. The molecule has 6 heteroatoms. The molecule has 0 spiro atoms. The summed E-state index contributed by atoms with van der Waals surface area (Å²) in [6.45, 7) is 2.29. The van der Waals surface area contributed by atoms with Gasteiger partial charge in [0.15, 0.2) is 0 Å². The first kappa shape index (κ1) is 14.0. The fraction of sp³-hybridized carbons (Fsp3) is 0.462. The van der Waals surface area contributed by atoms with Gasteiger partial charge < -0.3 is 5.73 Å². The predicted octanol–water partition coefficient (Wildman–Crippen LogP) is 0.775. The molecule has 1 fully saturated rings. The van der Waals surface area contributed by atoms with Crippen molar-refractivity contribution in [1.82, 2.24) is 4.31 Å². The van der Waals surface area contributed by atoms with Crippen LogP contribution in [0.15, 0.2) is 24.3 Å². The third kappa shape index (κ3) is 3.13. The third-order valence-electron chi connectivity index (χ3n) is 3.32. The second-order valence-corrected chi connectivity index (χ2v) is 6.84. The van der Waals surface area contributed by atoms with E-state index in [2.05, 4.69) is 0 Å². The minimum Gasteiger partial charge on any atom is -0.368 e. The number of benzene rings is 1. The first-order valence-corrected chi connectivity index (χ1v) is 7.85. The van der Waals surface area contributed by atoms with E-state index in [-0.39, 0.29) is 5.75 Å². The van der Waals surface area contributed by atoms with Crippen LogP contribution in [-0.2, 0) is 20.6 Å². The van der Waals surface area contributed by atoms with Crippen LogP contribution in [-0.4, -0.2) is 31.2 Å². The molecule has 1 aliphatic heterocycles. The van der Waals surface area contributed by atoms with Gasteiger partial charge in [-0.15, -0.1) is 0 Å². The van der Waals surface area contributed by atoms with Crippen molar-refractivity contribution in [3.05, 3.63) is 35.4 Å². The zero-order chi connectivity index (χ0) is 14.0. The lowest BCUT2D eigenvalue weighted by Crippen LogP contribution is -2.44. The van der Waals surface area contributed by atoms with Gasteiger partial charge in [-0.2, -0.15) is 4.31 Å². The monoisotopic (exact) mass is 282 g/mol. The lowest BCUT2D eigenvalue weighted by molar-refractivity contribution is -0.121. The summed E-state index contributed by atoms with van der Waals surface area (Å²) in [5.74, 6) is -0.649. The van der Waals surface area contributed by atoms with Crippen molar-refractivity contribution in [3.63, 3.8) is 0 Å². The Bertz CT molecular complexity index is 583. The molecular weight excluding hydrogens is 264 g/mol. The van der Waals surface area contributed by atoms with E-state index < -0.39 is 22.0 Å². The average molecular weight is 282 g/mol. The minimum absolute atomic E-state index is 0.0849. The predicted molar refractivity (Wildman–Crippen MR) is 72.7 cm³/mol. The highest BCUT2D eigenvalue weighted by Crippen LogP contribution is 2.23. The van der Waals surface area contributed by atoms with E-state index >= 15 is 0 Å². The van der Waals surface area contributed by atoms with Crippen molar-refractivity contribution in [1.29, 1.82) is 0 Å². The van der Waals surface area contributed by atoms with Crippen LogP contribution in [0.5, 0.6) is 0 Å². The summed E-state index contributed by atoms with van der Waals surface area (Å²) >= 11 is 0. The van der Waals surface area contributed by atoms with Gasteiger partial charge in [0.25, 0.3) is 0 Å². The lowest BCUT2D eigenvalue weighted by Gasteiger charge is -2.21. The zero-order valence-electron chi connectivity index (χ0n) is 10.9. The number of primary amides is 1. The van der Waals surface area contributed by atoms with E-state index in [1.807, 2.05) is 25.1 Å². The first-order valence-electron chi connectivity index (χ1n) is 6.24. The molecule has 1 aromatic rings. The Balaban J connectivity index is 2.21. The van der Waals surface area contributed by atoms with Gasteiger partial charge in [0.1, 0.15) is 6.04 Å². The molecule has 2 N–H and O–H groups in total. The second kappa shape index (κ2) is 5.30. The summed E-state index contributed by atoms with van der Waals surface area (Å²) in [5, 5.41) is 0. The van der Waals surface area contributed by atoms with Crippen LogP contribution in [0, 0.1) is 6.92 Å². The smallest absolute Gasteiger partial charge is 0.235 e. The maximum absolute atomic E-state index is 12.3.